The van der Waals surface area contributed by atoms with E-state index >= 15 is 0 Å². The molecule has 0 aliphatic heterocycles. The summed E-state index contributed by atoms with van der Waals surface area (Å²) in [5, 5.41) is 24.2. The first kappa shape index (κ1) is 32.2. The van der Waals surface area contributed by atoms with Crippen molar-refractivity contribution in [1.29, 1.82) is 0 Å². The summed E-state index contributed by atoms with van der Waals surface area (Å²) in [6.45, 7) is 0. The summed E-state index contributed by atoms with van der Waals surface area (Å²) in [6.07, 6.45) is 2.93. The minimum absolute atomic E-state index is 0. The molecular weight excluding hydrogens is 455 g/mol. The van der Waals surface area contributed by atoms with Gasteiger partial charge in [0.2, 0.25) is 0 Å². The molecule has 0 atom stereocenters. The summed E-state index contributed by atoms with van der Waals surface area (Å²) in [5.74, 6) is -2.48. The molecule has 0 radical (unpaired) electrons. The fraction of sp³-hybridized carbons (Fsp3) is 0. The van der Waals surface area contributed by atoms with E-state index in [1.807, 2.05) is 24.3 Å². The zero-order valence-electron chi connectivity index (χ0n) is 15.9. The van der Waals surface area contributed by atoms with Crippen LogP contribution in [0.4, 0.5) is 0 Å². The fourth-order valence-electron chi connectivity index (χ4n) is 2.56. The van der Waals surface area contributed by atoms with Crippen molar-refractivity contribution in [2.75, 3.05) is 0 Å². The van der Waals surface area contributed by atoms with E-state index in [0.29, 0.717) is 10.8 Å². The molecule has 0 saturated carbocycles. The van der Waals surface area contributed by atoms with Crippen LogP contribution in [0, 0.1) is 0 Å². The molecule has 11 heteroatoms. The number of hydrogen-bond acceptors (Lipinski definition) is 6. The topological polar surface area (TPSA) is 235 Å². The number of carboxylic acids is 2. The molecule has 2 aromatic heterocycles. The number of hydrogen-bond donors (Lipinski definition) is 0. The number of aromatic carboxylic acids is 2. The summed E-state index contributed by atoms with van der Waals surface area (Å²) in [5.41, 5.74) is -0.00352. The van der Waals surface area contributed by atoms with Crippen molar-refractivity contribution < 1.29 is 58.2 Å². The third-order valence-corrected chi connectivity index (χ3v) is 3.73. The van der Waals surface area contributed by atoms with Crippen LogP contribution in [0.15, 0.2) is 73.1 Å². The number of carbonyl (C=O) groups excluding carboxylic acids is 2. The summed E-state index contributed by atoms with van der Waals surface area (Å²) < 4.78 is 0. The number of carboxylic acid groups (broad SMARTS) is 2. The van der Waals surface area contributed by atoms with E-state index in [9.17, 15) is 19.8 Å². The molecule has 0 saturated heterocycles. The molecule has 2 aromatic carbocycles. The average molecular weight is 477 g/mol. The molecule has 0 unspecified atom stereocenters. The Morgan fingerprint density at radius 2 is 0.935 bits per heavy atom. The number of benzene rings is 2. The Kier molecular flexibility index (Phi) is 15.1. The molecule has 0 spiro atoms. The first-order chi connectivity index (χ1) is 12.6. The van der Waals surface area contributed by atoms with Gasteiger partial charge in [-0.25, -0.2) is 0 Å². The molecule has 0 fully saturated rings. The summed E-state index contributed by atoms with van der Waals surface area (Å²) in [4.78, 5) is 28.8. The van der Waals surface area contributed by atoms with Gasteiger partial charge in [-0.05, 0) is 22.9 Å². The predicted molar refractivity (Wildman–Crippen MR) is 109 cm³/mol. The van der Waals surface area contributed by atoms with Crippen LogP contribution in [0.25, 0.3) is 21.5 Å². The molecule has 0 aliphatic carbocycles. The summed E-state index contributed by atoms with van der Waals surface area (Å²) in [6, 6.07) is 17.9. The van der Waals surface area contributed by atoms with Crippen LogP contribution < -0.4 is 10.2 Å². The van der Waals surface area contributed by atoms with Crippen molar-refractivity contribution >= 4 is 33.5 Å². The van der Waals surface area contributed by atoms with E-state index in [4.69, 9.17) is 0 Å². The maximum atomic E-state index is 10.6. The Labute approximate surface area is 186 Å². The predicted octanol–water partition coefficient (Wildman–Crippen LogP) is -2.30. The number of nitrogens with zero attached hydrogens (tertiary/aromatic N) is 2. The Hall–Kier alpha value is -3.47. The minimum atomic E-state index is -1.24. The zero-order valence-corrected chi connectivity index (χ0v) is 16.9. The molecule has 0 aliphatic rings. The van der Waals surface area contributed by atoms with Gasteiger partial charge >= 0.3 is 16.5 Å². The minimum Gasteiger partial charge on any atom is -0.543 e. The zero-order chi connectivity index (χ0) is 18.5. The van der Waals surface area contributed by atoms with Gasteiger partial charge in [0.15, 0.2) is 0 Å². The van der Waals surface area contributed by atoms with Gasteiger partial charge in [-0.3, -0.25) is 9.97 Å². The second-order valence-electron chi connectivity index (χ2n) is 5.34. The van der Waals surface area contributed by atoms with Crippen molar-refractivity contribution in [3.63, 3.8) is 0 Å². The number of pyridine rings is 2. The van der Waals surface area contributed by atoms with Crippen LogP contribution >= 0.6 is 0 Å². The Morgan fingerprint density at radius 1 is 0.613 bits per heavy atom. The molecular formula is C20H22N2NiO8+2. The van der Waals surface area contributed by atoms with E-state index in [0.717, 1.165) is 10.8 Å². The molecule has 4 aromatic rings. The van der Waals surface area contributed by atoms with Crippen molar-refractivity contribution in [3.05, 3.63) is 84.4 Å². The monoisotopic (exact) mass is 476 g/mol. The first-order valence-electron chi connectivity index (χ1n) is 7.68. The molecule has 10 N–H and O–H groups in total. The van der Waals surface area contributed by atoms with Crippen LogP contribution in [0.1, 0.15) is 21.0 Å². The average Bonchev–Trinajstić information content (AvgIpc) is 2.67. The molecule has 10 nitrogen and oxygen atoms in total. The van der Waals surface area contributed by atoms with Gasteiger partial charge in [0.25, 0.3) is 0 Å². The molecule has 31 heavy (non-hydrogen) atoms. The van der Waals surface area contributed by atoms with E-state index in [-0.39, 0.29) is 49.8 Å². The SMILES string of the molecule is O.O.O=C([O-])c1nccc2ccccc12.O=C([O-])c1nccc2ccccc12.[Ni+2].[OH3+].[OH3+]. The molecule has 0 bridgehead atoms. The van der Waals surface area contributed by atoms with Crippen LogP contribution in [0.5, 0.6) is 0 Å². The smallest absolute Gasteiger partial charge is 0.543 e. The van der Waals surface area contributed by atoms with Gasteiger partial charge in [0.05, 0.1) is 23.3 Å². The van der Waals surface area contributed by atoms with E-state index in [1.54, 1.807) is 36.4 Å². The second kappa shape index (κ2) is 14.5. The van der Waals surface area contributed by atoms with Gasteiger partial charge in [-0.15, -0.1) is 0 Å². The number of aromatic nitrogens is 2. The van der Waals surface area contributed by atoms with Gasteiger partial charge in [-0.2, -0.15) is 0 Å². The van der Waals surface area contributed by atoms with Crippen LogP contribution in [-0.2, 0) is 27.4 Å². The Balaban J connectivity index is -0.000000436. The van der Waals surface area contributed by atoms with Gasteiger partial charge in [0.1, 0.15) is 0 Å². The summed E-state index contributed by atoms with van der Waals surface area (Å²) in [7, 11) is 0. The summed E-state index contributed by atoms with van der Waals surface area (Å²) >= 11 is 0. The fourth-order valence-corrected chi connectivity index (χ4v) is 2.56. The maximum Gasteiger partial charge on any atom is 2.00 e. The standard InChI is InChI=1S/2C10H7NO2.Ni.4H2O/c2*12-10(13)9-8-4-2-1-3-7(8)5-6-11-9;;;;;/h2*1-6H,(H,12,13);;4*1H2/q;;+2;;;;. The molecule has 4 rings (SSSR count). The van der Waals surface area contributed by atoms with Gasteiger partial charge in [0, 0.05) is 23.2 Å². The first-order valence-corrected chi connectivity index (χ1v) is 7.68. The van der Waals surface area contributed by atoms with Gasteiger partial charge < -0.3 is 41.7 Å². The number of rotatable bonds is 2. The van der Waals surface area contributed by atoms with E-state index in [2.05, 4.69) is 9.97 Å². The van der Waals surface area contributed by atoms with Crippen molar-refractivity contribution in [3.8, 4) is 0 Å². The third-order valence-electron chi connectivity index (χ3n) is 3.73. The quantitative estimate of drug-likeness (QED) is 0.227. The van der Waals surface area contributed by atoms with Crippen molar-refractivity contribution in [2.45, 2.75) is 0 Å². The number of fused-ring (bicyclic) bond motifs is 2. The van der Waals surface area contributed by atoms with Crippen molar-refractivity contribution in [2.24, 2.45) is 0 Å². The Bertz CT molecular complexity index is 1020. The van der Waals surface area contributed by atoms with Crippen LogP contribution in [0.2, 0.25) is 0 Å². The molecule has 2 heterocycles. The van der Waals surface area contributed by atoms with Gasteiger partial charge in [-0.1, -0.05) is 48.5 Å². The maximum absolute atomic E-state index is 10.6. The Morgan fingerprint density at radius 3 is 1.26 bits per heavy atom. The van der Waals surface area contributed by atoms with E-state index < -0.39 is 11.9 Å². The second-order valence-corrected chi connectivity index (χ2v) is 5.34. The normalized spacial score (nSPS) is 8.52. The van der Waals surface area contributed by atoms with Crippen LogP contribution in [-0.4, -0.2) is 32.9 Å². The molecule has 0 amide bonds. The van der Waals surface area contributed by atoms with Crippen LogP contribution in [0.3, 0.4) is 0 Å². The van der Waals surface area contributed by atoms with Crippen molar-refractivity contribution in [1.82, 2.24) is 9.97 Å². The number of carbonyl (C=O) groups is 2. The molecule has 168 valence electrons. The van der Waals surface area contributed by atoms with E-state index in [1.165, 1.54) is 12.4 Å². The third kappa shape index (κ3) is 7.38. The largest absolute Gasteiger partial charge is 2.00 e.